The zero-order valence-electron chi connectivity index (χ0n) is 14.7. The minimum Gasteiger partial charge on any atom is -0.481 e. The summed E-state index contributed by atoms with van der Waals surface area (Å²) in [6.45, 7) is 0. The van der Waals surface area contributed by atoms with Crippen LogP contribution in [0.3, 0.4) is 0 Å². The maximum atomic E-state index is 12.7. The van der Waals surface area contributed by atoms with Crippen molar-refractivity contribution >= 4 is 17.7 Å². The van der Waals surface area contributed by atoms with Crippen LogP contribution in [0.5, 0.6) is 5.88 Å². The number of nitrogens with zero attached hydrogens (tertiary/aromatic N) is 4. The van der Waals surface area contributed by atoms with Crippen molar-refractivity contribution in [3.63, 3.8) is 0 Å². The number of anilines is 1. The Balaban J connectivity index is 1.85. The number of aromatic nitrogens is 4. The fourth-order valence-corrected chi connectivity index (χ4v) is 2.57. The van der Waals surface area contributed by atoms with Gasteiger partial charge in [-0.2, -0.15) is 5.10 Å². The summed E-state index contributed by atoms with van der Waals surface area (Å²) in [7, 11) is 3.14. The molecule has 0 saturated heterocycles. The number of rotatable bonds is 6. The topological polar surface area (TPSA) is 119 Å². The van der Waals surface area contributed by atoms with Crippen LogP contribution in [0.1, 0.15) is 16.1 Å². The monoisotopic (exact) mass is 367 g/mol. The van der Waals surface area contributed by atoms with Gasteiger partial charge in [-0.15, -0.1) is 10.2 Å². The van der Waals surface area contributed by atoms with E-state index in [1.54, 1.807) is 49.6 Å². The van der Waals surface area contributed by atoms with E-state index < -0.39 is 5.97 Å². The van der Waals surface area contributed by atoms with Crippen LogP contribution in [0.15, 0.2) is 42.6 Å². The molecule has 1 aromatic carbocycles. The van der Waals surface area contributed by atoms with Crippen LogP contribution < -0.4 is 10.1 Å². The van der Waals surface area contributed by atoms with Gasteiger partial charge in [-0.1, -0.05) is 24.3 Å². The lowest BCUT2D eigenvalue weighted by Gasteiger charge is -2.08. The summed E-state index contributed by atoms with van der Waals surface area (Å²) < 4.78 is 6.40. The van der Waals surface area contributed by atoms with Gasteiger partial charge in [0.2, 0.25) is 5.88 Å². The van der Waals surface area contributed by atoms with Gasteiger partial charge in [0.1, 0.15) is 5.69 Å². The molecule has 0 aliphatic rings. The molecule has 27 heavy (non-hydrogen) atoms. The molecule has 3 aromatic rings. The normalized spacial score (nSPS) is 10.4. The Hall–Kier alpha value is -3.75. The third-order valence-electron chi connectivity index (χ3n) is 3.86. The van der Waals surface area contributed by atoms with Crippen LogP contribution in [-0.4, -0.2) is 44.1 Å². The number of methoxy groups -OCH3 is 1. The molecule has 2 heterocycles. The van der Waals surface area contributed by atoms with Gasteiger partial charge < -0.3 is 15.2 Å². The summed E-state index contributed by atoms with van der Waals surface area (Å²) >= 11 is 0. The first-order chi connectivity index (χ1) is 13.0. The smallest absolute Gasteiger partial charge is 0.307 e. The maximum Gasteiger partial charge on any atom is 0.307 e. The summed E-state index contributed by atoms with van der Waals surface area (Å²) in [6.07, 6.45) is 1.53. The first kappa shape index (κ1) is 18.1. The van der Waals surface area contributed by atoms with Crippen LogP contribution >= 0.6 is 0 Å². The molecular weight excluding hydrogens is 350 g/mol. The molecule has 0 unspecified atom stereocenters. The molecule has 0 saturated carbocycles. The van der Waals surface area contributed by atoms with E-state index in [-0.39, 0.29) is 18.1 Å². The number of aryl methyl sites for hydroxylation is 1. The van der Waals surface area contributed by atoms with Gasteiger partial charge in [-0.05, 0) is 17.2 Å². The van der Waals surface area contributed by atoms with Crippen molar-refractivity contribution in [2.75, 3.05) is 12.4 Å². The predicted octanol–water partition coefficient (Wildman–Crippen LogP) is 1.77. The summed E-state index contributed by atoms with van der Waals surface area (Å²) in [5.74, 6) is -0.663. The highest BCUT2D eigenvalue weighted by atomic mass is 16.5. The fourth-order valence-electron chi connectivity index (χ4n) is 2.57. The van der Waals surface area contributed by atoms with E-state index in [9.17, 15) is 9.59 Å². The van der Waals surface area contributed by atoms with E-state index in [0.29, 0.717) is 22.7 Å². The van der Waals surface area contributed by atoms with Crippen LogP contribution in [0.25, 0.3) is 11.1 Å². The van der Waals surface area contributed by atoms with Crippen molar-refractivity contribution in [2.24, 2.45) is 7.05 Å². The molecule has 0 fully saturated rings. The lowest BCUT2D eigenvalue weighted by atomic mass is 10.0. The number of carboxylic acid groups (broad SMARTS) is 1. The first-order valence-corrected chi connectivity index (χ1v) is 8.00. The van der Waals surface area contributed by atoms with Crippen molar-refractivity contribution in [3.8, 4) is 17.0 Å². The van der Waals surface area contributed by atoms with Gasteiger partial charge >= 0.3 is 5.97 Å². The molecule has 138 valence electrons. The molecule has 0 aliphatic carbocycles. The second kappa shape index (κ2) is 7.65. The third-order valence-corrected chi connectivity index (χ3v) is 3.86. The summed E-state index contributed by atoms with van der Waals surface area (Å²) in [5.41, 5.74) is 2.40. The Morgan fingerprint density at radius 3 is 2.48 bits per heavy atom. The van der Waals surface area contributed by atoms with E-state index in [4.69, 9.17) is 9.84 Å². The van der Waals surface area contributed by atoms with Crippen molar-refractivity contribution in [2.45, 2.75) is 6.42 Å². The highest BCUT2D eigenvalue weighted by Crippen LogP contribution is 2.24. The molecule has 9 nitrogen and oxygen atoms in total. The second-order valence-electron chi connectivity index (χ2n) is 5.71. The van der Waals surface area contributed by atoms with Crippen LogP contribution in [0.4, 0.5) is 5.82 Å². The SMILES string of the molecule is COc1ccc(NC(=O)c2c(-c3ccc(CC(=O)O)cc3)cnn2C)nn1. The van der Waals surface area contributed by atoms with Gasteiger partial charge in [0, 0.05) is 18.7 Å². The average molecular weight is 367 g/mol. The predicted molar refractivity (Wildman–Crippen MR) is 96.5 cm³/mol. The number of hydrogen-bond acceptors (Lipinski definition) is 6. The molecule has 1 amide bonds. The lowest BCUT2D eigenvalue weighted by Crippen LogP contribution is -2.18. The zero-order chi connectivity index (χ0) is 19.4. The molecule has 9 heteroatoms. The van der Waals surface area contributed by atoms with Crippen LogP contribution in [0.2, 0.25) is 0 Å². The first-order valence-electron chi connectivity index (χ1n) is 8.00. The minimum absolute atomic E-state index is 0.0587. The second-order valence-corrected chi connectivity index (χ2v) is 5.71. The number of amides is 1. The van der Waals surface area contributed by atoms with Gasteiger partial charge in [-0.25, -0.2) is 0 Å². The van der Waals surface area contributed by atoms with Crippen LogP contribution in [-0.2, 0) is 18.3 Å². The standard InChI is InChI=1S/C18H17N5O4/c1-23-17(18(26)20-14-7-8-15(27-2)22-21-14)13(10-19-23)12-5-3-11(4-6-12)9-16(24)25/h3-8,10H,9H2,1-2H3,(H,24,25)(H,20,21,26). The lowest BCUT2D eigenvalue weighted by molar-refractivity contribution is -0.136. The number of carbonyl (C=O) groups is 2. The van der Waals surface area contributed by atoms with Gasteiger partial charge in [0.05, 0.1) is 19.7 Å². The Kier molecular flexibility index (Phi) is 5.11. The number of carboxylic acids is 1. The summed E-state index contributed by atoms with van der Waals surface area (Å²) in [6, 6.07) is 10.1. The van der Waals surface area contributed by atoms with Crippen molar-refractivity contribution in [1.82, 2.24) is 20.0 Å². The molecule has 3 rings (SSSR count). The third kappa shape index (κ3) is 4.09. The van der Waals surface area contributed by atoms with Crippen molar-refractivity contribution in [3.05, 3.63) is 53.9 Å². The Morgan fingerprint density at radius 1 is 1.15 bits per heavy atom. The highest BCUT2D eigenvalue weighted by molar-refractivity contribution is 6.07. The fraction of sp³-hybridized carbons (Fsp3) is 0.167. The largest absolute Gasteiger partial charge is 0.481 e. The molecule has 2 aromatic heterocycles. The number of nitrogens with one attached hydrogen (secondary N) is 1. The zero-order valence-corrected chi connectivity index (χ0v) is 14.7. The minimum atomic E-state index is -0.898. The highest BCUT2D eigenvalue weighted by Gasteiger charge is 2.19. The summed E-state index contributed by atoms with van der Waals surface area (Å²) in [4.78, 5) is 23.5. The molecule has 0 bridgehead atoms. The molecule has 0 aliphatic heterocycles. The Bertz CT molecular complexity index is 964. The quantitative estimate of drug-likeness (QED) is 0.681. The molecule has 2 N–H and O–H groups in total. The molecule has 0 radical (unpaired) electrons. The van der Waals surface area contributed by atoms with Crippen molar-refractivity contribution < 1.29 is 19.4 Å². The molecule has 0 spiro atoms. The van der Waals surface area contributed by atoms with E-state index in [1.807, 2.05) is 0 Å². The number of aliphatic carboxylic acids is 1. The number of benzene rings is 1. The van der Waals surface area contributed by atoms with E-state index >= 15 is 0 Å². The molecule has 0 atom stereocenters. The van der Waals surface area contributed by atoms with Gasteiger partial charge in [0.15, 0.2) is 5.82 Å². The van der Waals surface area contributed by atoms with Crippen molar-refractivity contribution in [1.29, 1.82) is 0 Å². The van der Waals surface area contributed by atoms with Gasteiger partial charge in [0.25, 0.3) is 5.91 Å². The number of ether oxygens (including phenoxy) is 1. The average Bonchev–Trinajstić information content (AvgIpc) is 3.04. The van der Waals surface area contributed by atoms with E-state index in [1.165, 1.54) is 11.8 Å². The molecular formula is C18H17N5O4. The van der Waals surface area contributed by atoms with E-state index in [2.05, 4.69) is 20.6 Å². The maximum absolute atomic E-state index is 12.7. The number of hydrogen-bond donors (Lipinski definition) is 2. The van der Waals surface area contributed by atoms with Gasteiger partial charge in [-0.3, -0.25) is 14.3 Å². The van der Waals surface area contributed by atoms with Crippen LogP contribution in [0, 0.1) is 0 Å². The Labute approximate surface area is 154 Å². The Morgan fingerprint density at radius 2 is 1.89 bits per heavy atom. The number of carbonyl (C=O) groups excluding carboxylic acids is 1. The summed E-state index contributed by atoms with van der Waals surface area (Å²) in [5, 5.41) is 23.4. The van der Waals surface area contributed by atoms with E-state index in [0.717, 1.165) is 5.56 Å².